The maximum absolute atomic E-state index is 2.45. The smallest absolute Gasteiger partial charge is 0.0281 e. The van der Waals surface area contributed by atoms with E-state index in [4.69, 9.17) is 0 Å². The van der Waals surface area contributed by atoms with E-state index in [0.717, 1.165) is 12.3 Å². The molecule has 0 saturated heterocycles. The fraction of sp³-hybridized carbons (Fsp3) is 0.333. The lowest BCUT2D eigenvalue weighted by Crippen LogP contribution is -2.10. The number of hydrogen-bond acceptors (Lipinski definition) is 0. The molecule has 152 valence electrons. The summed E-state index contributed by atoms with van der Waals surface area (Å²) >= 11 is 0. The predicted octanol–water partition coefficient (Wildman–Crippen LogP) is 8.03. The Morgan fingerprint density at radius 3 is 2.37 bits per heavy atom. The number of aryl methyl sites for hydroxylation is 2. The summed E-state index contributed by atoms with van der Waals surface area (Å²) < 4.78 is 0. The summed E-state index contributed by atoms with van der Waals surface area (Å²) in [6.07, 6.45) is 19.6. The lowest BCUT2D eigenvalue weighted by atomic mass is 9.78. The van der Waals surface area contributed by atoms with Crippen LogP contribution in [0.4, 0.5) is 0 Å². The zero-order valence-electron chi connectivity index (χ0n) is 18.3. The highest BCUT2D eigenvalue weighted by atomic mass is 14.3. The summed E-state index contributed by atoms with van der Waals surface area (Å²) in [5.74, 6) is 1.18. The van der Waals surface area contributed by atoms with Crippen molar-refractivity contribution in [2.24, 2.45) is 5.92 Å². The number of allylic oxidation sites excluding steroid dienone is 8. The van der Waals surface area contributed by atoms with Gasteiger partial charge in [0, 0.05) is 5.92 Å². The van der Waals surface area contributed by atoms with Gasteiger partial charge in [-0.2, -0.15) is 0 Å². The van der Waals surface area contributed by atoms with Crippen LogP contribution >= 0.6 is 0 Å². The Balaban J connectivity index is 1.39. The minimum atomic E-state index is 0.398. The fourth-order valence-electron chi connectivity index (χ4n) is 5.57. The van der Waals surface area contributed by atoms with Crippen molar-refractivity contribution in [3.63, 3.8) is 0 Å². The number of fused-ring (bicyclic) bond motifs is 1. The second kappa shape index (κ2) is 8.26. The second-order valence-electron chi connectivity index (χ2n) is 9.37. The Bertz CT molecular complexity index is 1050. The summed E-state index contributed by atoms with van der Waals surface area (Å²) in [5, 5.41) is 0. The molecule has 1 atom stereocenters. The summed E-state index contributed by atoms with van der Waals surface area (Å²) in [6.45, 7) is 4.47. The zero-order chi connectivity index (χ0) is 20.5. The Morgan fingerprint density at radius 2 is 1.60 bits per heavy atom. The highest BCUT2D eigenvalue weighted by Gasteiger charge is 2.26. The standard InChI is InChI=1S/C30H32/c1-21-11-14-25(15-12-21)29-18-16-26(28-9-6-10-30(28)29)20-23-13-17-27(22(2)19-23)24-7-4-3-5-8-24/h6,9-19,24,30H,3-5,7-8,20H2,1-2H3. The quantitative estimate of drug-likeness (QED) is 0.494. The van der Waals surface area contributed by atoms with Gasteiger partial charge in [-0.3, -0.25) is 0 Å². The van der Waals surface area contributed by atoms with Gasteiger partial charge >= 0.3 is 0 Å². The van der Waals surface area contributed by atoms with Crippen molar-refractivity contribution in [2.75, 3.05) is 0 Å². The monoisotopic (exact) mass is 392 g/mol. The first kappa shape index (κ1) is 19.4. The molecule has 0 N–H and O–H groups in total. The summed E-state index contributed by atoms with van der Waals surface area (Å²) in [4.78, 5) is 0. The van der Waals surface area contributed by atoms with Gasteiger partial charge in [-0.25, -0.2) is 0 Å². The molecule has 0 heteroatoms. The molecule has 0 aromatic heterocycles. The number of hydrogen-bond donors (Lipinski definition) is 0. The van der Waals surface area contributed by atoms with Crippen molar-refractivity contribution >= 4 is 5.57 Å². The Kier molecular flexibility index (Phi) is 5.34. The van der Waals surface area contributed by atoms with Crippen LogP contribution in [-0.2, 0) is 6.42 Å². The highest BCUT2D eigenvalue weighted by Crippen LogP contribution is 2.42. The van der Waals surface area contributed by atoms with E-state index in [0.29, 0.717) is 5.92 Å². The van der Waals surface area contributed by atoms with Gasteiger partial charge in [0.15, 0.2) is 0 Å². The molecule has 1 fully saturated rings. The van der Waals surface area contributed by atoms with E-state index in [9.17, 15) is 0 Å². The minimum Gasteiger partial charge on any atom is -0.0726 e. The summed E-state index contributed by atoms with van der Waals surface area (Å²) in [7, 11) is 0. The van der Waals surface area contributed by atoms with Crippen LogP contribution in [0.2, 0.25) is 0 Å². The Morgan fingerprint density at radius 1 is 0.800 bits per heavy atom. The molecule has 0 heterocycles. The highest BCUT2D eigenvalue weighted by molar-refractivity contribution is 5.78. The van der Waals surface area contributed by atoms with E-state index in [-0.39, 0.29) is 0 Å². The largest absolute Gasteiger partial charge is 0.0726 e. The van der Waals surface area contributed by atoms with Crippen molar-refractivity contribution in [2.45, 2.75) is 58.3 Å². The molecule has 0 radical (unpaired) electrons. The van der Waals surface area contributed by atoms with Crippen molar-refractivity contribution in [1.82, 2.24) is 0 Å². The van der Waals surface area contributed by atoms with Crippen molar-refractivity contribution in [1.29, 1.82) is 0 Å². The van der Waals surface area contributed by atoms with Gasteiger partial charge in [-0.1, -0.05) is 97.7 Å². The molecule has 3 aliphatic rings. The molecular weight excluding hydrogens is 360 g/mol. The fourth-order valence-corrected chi connectivity index (χ4v) is 5.57. The van der Waals surface area contributed by atoms with E-state index in [2.05, 4.69) is 86.7 Å². The molecule has 0 aliphatic heterocycles. The van der Waals surface area contributed by atoms with Crippen LogP contribution in [-0.4, -0.2) is 0 Å². The van der Waals surface area contributed by atoms with Crippen molar-refractivity contribution in [3.8, 4) is 0 Å². The van der Waals surface area contributed by atoms with Gasteiger partial charge in [-0.15, -0.1) is 0 Å². The van der Waals surface area contributed by atoms with E-state index in [1.165, 1.54) is 71.1 Å². The van der Waals surface area contributed by atoms with E-state index >= 15 is 0 Å². The van der Waals surface area contributed by atoms with Crippen LogP contribution in [0.25, 0.3) is 5.57 Å². The predicted molar refractivity (Wildman–Crippen MR) is 129 cm³/mol. The lowest BCUT2D eigenvalue weighted by molar-refractivity contribution is 0.442. The molecule has 0 amide bonds. The van der Waals surface area contributed by atoms with E-state index < -0.39 is 0 Å². The Hall–Kier alpha value is -2.60. The molecular formula is C30H32. The lowest BCUT2D eigenvalue weighted by Gasteiger charge is -2.26. The maximum atomic E-state index is 2.45. The maximum Gasteiger partial charge on any atom is 0.0281 e. The summed E-state index contributed by atoms with van der Waals surface area (Å²) in [5.41, 5.74) is 11.5. The molecule has 1 saturated carbocycles. The molecule has 2 aromatic rings. The molecule has 2 aromatic carbocycles. The Labute approximate surface area is 181 Å². The minimum absolute atomic E-state index is 0.398. The SMILES string of the molecule is Cc1ccc(C2=CC=C(Cc3ccc(C4CCCCC4)c(C)c3)C3=CC=CC32)cc1. The average Bonchev–Trinajstić information content (AvgIpc) is 3.26. The average molecular weight is 393 g/mol. The molecule has 5 rings (SSSR count). The van der Waals surface area contributed by atoms with E-state index in [1.807, 2.05) is 0 Å². The van der Waals surface area contributed by atoms with Crippen LogP contribution < -0.4 is 0 Å². The third-order valence-electron chi connectivity index (χ3n) is 7.24. The molecule has 0 bridgehead atoms. The molecule has 1 unspecified atom stereocenters. The van der Waals surface area contributed by atoms with Gasteiger partial charge in [-0.05, 0) is 78.0 Å². The molecule has 0 nitrogen and oxygen atoms in total. The van der Waals surface area contributed by atoms with Crippen LogP contribution in [0.5, 0.6) is 0 Å². The first-order valence-corrected chi connectivity index (χ1v) is 11.6. The third kappa shape index (κ3) is 3.76. The van der Waals surface area contributed by atoms with Crippen LogP contribution in [0.3, 0.4) is 0 Å². The molecule has 30 heavy (non-hydrogen) atoms. The van der Waals surface area contributed by atoms with Gasteiger partial charge in [0.25, 0.3) is 0 Å². The van der Waals surface area contributed by atoms with Crippen LogP contribution in [0.1, 0.15) is 65.8 Å². The first-order chi connectivity index (χ1) is 14.7. The first-order valence-electron chi connectivity index (χ1n) is 11.6. The topological polar surface area (TPSA) is 0 Å². The van der Waals surface area contributed by atoms with E-state index in [1.54, 1.807) is 5.56 Å². The van der Waals surface area contributed by atoms with Gasteiger partial charge < -0.3 is 0 Å². The molecule has 0 spiro atoms. The van der Waals surface area contributed by atoms with Gasteiger partial charge in [0.05, 0.1) is 0 Å². The van der Waals surface area contributed by atoms with Crippen LogP contribution in [0.15, 0.2) is 84.0 Å². The van der Waals surface area contributed by atoms with Gasteiger partial charge in [0.1, 0.15) is 0 Å². The third-order valence-corrected chi connectivity index (χ3v) is 7.24. The van der Waals surface area contributed by atoms with Gasteiger partial charge in [0.2, 0.25) is 0 Å². The number of benzene rings is 2. The van der Waals surface area contributed by atoms with Crippen molar-refractivity contribution in [3.05, 3.63) is 112 Å². The number of rotatable bonds is 4. The molecule has 3 aliphatic carbocycles. The van der Waals surface area contributed by atoms with Crippen LogP contribution in [0, 0.1) is 19.8 Å². The summed E-state index contributed by atoms with van der Waals surface area (Å²) in [6, 6.07) is 16.2. The zero-order valence-corrected chi connectivity index (χ0v) is 18.3. The normalized spacial score (nSPS) is 21.1. The second-order valence-corrected chi connectivity index (χ2v) is 9.37. The van der Waals surface area contributed by atoms with Crippen molar-refractivity contribution < 1.29 is 0 Å².